The molecule has 0 aliphatic carbocycles. The van der Waals surface area contributed by atoms with Gasteiger partial charge in [0.2, 0.25) is 0 Å². The normalized spacial score (nSPS) is 21.6. The minimum absolute atomic E-state index is 0.284. The topological polar surface area (TPSA) is 70.7 Å². The number of nitrogens with zero attached hydrogens (tertiary/aromatic N) is 1. The number of rotatable bonds is 4. The summed E-state index contributed by atoms with van der Waals surface area (Å²) in [5.41, 5.74) is 3.13. The first-order valence-corrected chi connectivity index (χ1v) is 9.26. The lowest BCUT2D eigenvalue weighted by Gasteiger charge is -2.31. The second-order valence-corrected chi connectivity index (χ2v) is 7.02. The van der Waals surface area contributed by atoms with Crippen LogP contribution in [0, 0.1) is 6.92 Å². The van der Waals surface area contributed by atoms with Crippen molar-refractivity contribution in [2.24, 2.45) is 0 Å². The van der Waals surface area contributed by atoms with Crippen molar-refractivity contribution in [2.45, 2.75) is 38.6 Å². The van der Waals surface area contributed by atoms with E-state index in [0.717, 1.165) is 37.1 Å². The number of ether oxygens (including phenoxy) is 1. The van der Waals surface area contributed by atoms with Crippen LogP contribution >= 0.6 is 0 Å². The number of aryl methyl sites for hydroxylation is 1. The molecule has 1 atom stereocenters. The van der Waals surface area contributed by atoms with Gasteiger partial charge in [0.25, 0.3) is 0 Å². The number of likely N-dealkylation sites (tertiary alicyclic amines) is 1. The second-order valence-electron chi connectivity index (χ2n) is 7.02. The van der Waals surface area contributed by atoms with Crippen molar-refractivity contribution >= 4 is 12.0 Å². The molecular weight excluding hydrogens is 330 g/mol. The number of nitrogens with one attached hydrogen (secondary N) is 2. The molecule has 2 aliphatic rings. The standard InChI is InChI=1S/C20H27N3O3/c1-14-7-9-15(10-8-14)18-17(19(24)26-2)16(21-20(25)22-18)13-23-11-5-3-4-6-12-23/h7-10,18H,3-6,11-13H2,1-2H3,(H2,21,22,25)/t18-/m0/s1. The van der Waals surface area contributed by atoms with Gasteiger partial charge in [-0.05, 0) is 38.4 Å². The van der Waals surface area contributed by atoms with Crippen molar-refractivity contribution in [1.82, 2.24) is 15.5 Å². The molecular formula is C20H27N3O3. The van der Waals surface area contributed by atoms with Crippen LogP contribution < -0.4 is 10.6 Å². The molecule has 2 aliphatic heterocycles. The summed E-state index contributed by atoms with van der Waals surface area (Å²) >= 11 is 0. The Bertz CT molecular complexity index is 689. The zero-order valence-electron chi connectivity index (χ0n) is 15.5. The van der Waals surface area contributed by atoms with Crippen molar-refractivity contribution in [1.29, 1.82) is 0 Å². The molecule has 1 saturated heterocycles. The summed E-state index contributed by atoms with van der Waals surface area (Å²) in [7, 11) is 1.38. The highest BCUT2D eigenvalue weighted by atomic mass is 16.5. The molecule has 0 spiro atoms. The number of hydrogen-bond acceptors (Lipinski definition) is 4. The van der Waals surface area contributed by atoms with Crippen molar-refractivity contribution in [3.05, 3.63) is 46.7 Å². The first kappa shape index (κ1) is 18.5. The van der Waals surface area contributed by atoms with Crippen LogP contribution in [0.25, 0.3) is 0 Å². The fraction of sp³-hybridized carbons (Fsp3) is 0.500. The average molecular weight is 357 g/mol. The van der Waals surface area contributed by atoms with E-state index in [1.807, 2.05) is 31.2 Å². The first-order chi connectivity index (χ1) is 12.6. The molecule has 0 aromatic heterocycles. The summed E-state index contributed by atoms with van der Waals surface area (Å²) in [6.07, 6.45) is 4.77. The Balaban J connectivity index is 1.95. The third-order valence-corrected chi connectivity index (χ3v) is 5.05. The van der Waals surface area contributed by atoms with E-state index in [-0.39, 0.29) is 6.03 Å². The molecule has 26 heavy (non-hydrogen) atoms. The number of hydrogen-bond donors (Lipinski definition) is 2. The molecule has 2 amide bonds. The predicted octanol–water partition coefficient (Wildman–Crippen LogP) is 2.65. The SMILES string of the molecule is COC(=O)C1=C(CN2CCCCCC2)NC(=O)N[C@H]1c1ccc(C)cc1. The molecule has 1 aromatic rings. The van der Waals surface area contributed by atoms with Gasteiger partial charge in [-0.1, -0.05) is 42.7 Å². The number of amides is 2. The van der Waals surface area contributed by atoms with Gasteiger partial charge in [0, 0.05) is 12.2 Å². The van der Waals surface area contributed by atoms with Gasteiger partial charge >= 0.3 is 12.0 Å². The van der Waals surface area contributed by atoms with Gasteiger partial charge in [-0.3, -0.25) is 4.90 Å². The molecule has 0 radical (unpaired) electrons. The zero-order valence-corrected chi connectivity index (χ0v) is 15.5. The van der Waals surface area contributed by atoms with Gasteiger partial charge in [-0.25, -0.2) is 9.59 Å². The number of benzene rings is 1. The molecule has 2 heterocycles. The summed E-state index contributed by atoms with van der Waals surface area (Å²) in [4.78, 5) is 27.1. The van der Waals surface area contributed by atoms with Crippen LogP contribution in [-0.2, 0) is 9.53 Å². The highest BCUT2D eigenvalue weighted by Gasteiger charge is 2.34. The lowest BCUT2D eigenvalue weighted by atomic mass is 9.94. The quantitative estimate of drug-likeness (QED) is 0.813. The van der Waals surface area contributed by atoms with Gasteiger partial charge < -0.3 is 15.4 Å². The number of methoxy groups -OCH3 is 1. The van der Waals surface area contributed by atoms with E-state index in [4.69, 9.17) is 4.74 Å². The zero-order chi connectivity index (χ0) is 18.5. The Morgan fingerprint density at radius 2 is 1.81 bits per heavy atom. The Kier molecular flexibility index (Phi) is 5.93. The maximum absolute atomic E-state index is 12.6. The molecule has 1 aromatic carbocycles. The van der Waals surface area contributed by atoms with E-state index >= 15 is 0 Å². The minimum Gasteiger partial charge on any atom is -0.466 e. The fourth-order valence-electron chi connectivity index (χ4n) is 3.62. The second kappa shape index (κ2) is 8.36. The molecule has 1 fully saturated rings. The average Bonchev–Trinajstić information content (AvgIpc) is 2.90. The maximum Gasteiger partial charge on any atom is 0.338 e. The maximum atomic E-state index is 12.6. The van der Waals surface area contributed by atoms with Crippen molar-refractivity contribution in [3.63, 3.8) is 0 Å². The lowest BCUT2D eigenvalue weighted by Crippen LogP contribution is -2.48. The van der Waals surface area contributed by atoms with E-state index in [1.165, 1.54) is 20.0 Å². The summed E-state index contributed by atoms with van der Waals surface area (Å²) in [6.45, 7) is 4.53. The van der Waals surface area contributed by atoms with Gasteiger partial charge in [-0.15, -0.1) is 0 Å². The lowest BCUT2D eigenvalue weighted by molar-refractivity contribution is -0.136. The van der Waals surface area contributed by atoms with E-state index in [0.29, 0.717) is 17.8 Å². The number of carbonyl (C=O) groups excluding carboxylic acids is 2. The Morgan fingerprint density at radius 3 is 2.42 bits per heavy atom. The van der Waals surface area contributed by atoms with E-state index in [1.54, 1.807) is 0 Å². The molecule has 0 bridgehead atoms. The van der Waals surface area contributed by atoms with E-state index in [9.17, 15) is 9.59 Å². The monoisotopic (exact) mass is 357 g/mol. The van der Waals surface area contributed by atoms with Crippen LogP contribution in [0.1, 0.15) is 42.9 Å². The molecule has 6 heteroatoms. The van der Waals surface area contributed by atoms with Crippen LogP contribution in [0.15, 0.2) is 35.5 Å². The van der Waals surface area contributed by atoms with Crippen molar-refractivity contribution in [3.8, 4) is 0 Å². The smallest absolute Gasteiger partial charge is 0.338 e. The van der Waals surface area contributed by atoms with Crippen LogP contribution in [-0.4, -0.2) is 43.6 Å². The Morgan fingerprint density at radius 1 is 1.15 bits per heavy atom. The molecule has 0 unspecified atom stereocenters. The number of urea groups is 1. The highest BCUT2D eigenvalue weighted by molar-refractivity contribution is 5.95. The van der Waals surface area contributed by atoms with Crippen LogP contribution in [0.4, 0.5) is 4.79 Å². The Hall–Kier alpha value is -2.34. The summed E-state index contributed by atoms with van der Waals surface area (Å²) in [5, 5.41) is 5.72. The first-order valence-electron chi connectivity index (χ1n) is 9.26. The molecule has 2 N–H and O–H groups in total. The van der Waals surface area contributed by atoms with E-state index in [2.05, 4.69) is 15.5 Å². The highest BCUT2D eigenvalue weighted by Crippen LogP contribution is 2.28. The van der Waals surface area contributed by atoms with Gasteiger partial charge in [0.15, 0.2) is 0 Å². The predicted molar refractivity (Wildman–Crippen MR) is 99.5 cm³/mol. The van der Waals surface area contributed by atoms with E-state index < -0.39 is 12.0 Å². The minimum atomic E-state index is -0.501. The third kappa shape index (κ3) is 4.25. The fourth-order valence-corrected chi connectivity index (χ4v) is 3.62. The van der Waals surface area contributed by atoms with Gasteiger partial charge in [-0.2, -0.15) is 0 Å². The summed E-state index contributed by atoms with van der Waals surface area (Å²) in [6, 6.07) is 7.06. The summed E-state index contributed by atoms with van der Waals surface area (Å²) in [5.74, 6) is -0.409. The van der Waals surface area contributed by atoms with Crippen molar-refractivity contribution in [2.75, 3.05) is 26.7 Å². The third-order valence-electron chi connectivity index (χ3n) is 5.05. The van der Waals surface area contributed by atoms with Crippen molar-refractivity contribution < 1.29 is 14.3 Å². The number of esters is 1. The molecule has 0 saturated carbocycles. The molecule has 140 valence electrons. The van der Waals surface area contributed by atoms with Crippen LogP contribution in [0.2, 0.25) is 0 Å². The molecule has 6 nitrogen and oxygen atoms in total. The van der Waals surface area contributed by atoms with Crippen LogP contribution in [0.3, 0.4) is 0 Å². The largest absolute Gasteiger partial charge is 0.466 e. The summed E-state index contributed by atoms with van der Waals surface area (Å²) < 4.78 is 5.04. The van der Waals surface area contributed by atoms with Gasteiger partial charge in [0.1, 0.15) is 0 Å². The Labute approximate surface area is 154 Å². The van der Waals surface area contributed by atoms with Gasteiger partial charge in [0.05, 0.1) is 18.7 Å². The molecule has 3 rings (SSSR count). The van der Waals surface area contributed by atoms with Crippen LogP contribution in [0.5, 0.6) is 0 Å². The number of carbonyl (C=O) groups is 2.